The van der Waals surface area contributed by atoms with Gasteiger partial charge in [-0.25, -0.2) is 0 Å². The van der Waals surface area contributed by atoms with E-state index in [4.69, 9.17) is 4.74 Å². The van der Waals surface area contributed by atoms with E-state index in [1.54, 1.807) is 0 Å². The SMILES string of the molecule is Cc1cc(C)n(-c2[c-]c(Oc3[c-]c(-n4nc(C)cc4C)ccc3)ccc2)n1.[Pd+2]. The van der Waals surface area contributed by atoms with Gasteiger partial charge in [-0.2, -0.15) is 22.3 Å². The quantitative estimate of drug-likeness (QED) is 0.327. The van der Waals surface area contributed by atoms with E-state index in [2.05, 4.69) is 22.3 Å². The summed E-state index contributed by atoms with van der Waals surface area (Å²) in [6.07, 6.45) is 0. The average molecular weight is 463 g/mol. The molecule has 0 aliphatic carbocycles. The fourth-order valence-electron chi connectivity index (χ4n) is 3.10. The maximum Gasteiger partial charge on any atom is 2.00 e. The number of ether oxygens (including phenoxy) is 1. The van der Waals surface area contributed by atoms with Crippen molar-refractivity contribution in [2.24, 2.45) is 0 Å². The largest absolute Gasteiger partial charge is 2.00 e. The van der Waals surface area contributed by atoms with Gasteiger partial charge in [-0.05, 0) is 51.2 Å². The van der Waals surface area contributed by atoms with Crippen LogP contribution < -0.4 is 4.74 Å². The van der Waals surface area contributed by atoms with Crippen LogP contribution in [0.4, 0.5) is 0 Å². The summed E-state index contributed by atoms with van der Waals surface area (Å²) >= 11 is 0. The molecule has 2 heterocycles. The van der Waals surface area contributed by atoms with Crippen LogP contribution in [0.25, 0.3) is 11.4 Å². The van der Waals surface area contributed by atoms with E-state index in [1.807, 2.05) is 85.6 Å². The third-order valence-electron chi connectivity index (χ3n) is 4.20. The van der Waals surface area contributed by atoms with Gasteiger partial charge >= 0.3 is 20.4 Å². The molecule has 0 N–H and O–H groups in total. The number of hydrogen-bond acceptors (Lipinski definition) is 3. The van der Waals surface area contributed by atoms with Crippen molar-refractivity contribution >= 4 is 0 Å². The van der Waals surface area contributed by atoms with E-state index in [0.717, 1.165) is 34.2 Å². The topological polar surface area (TPSA) is 44.9 Å². The number of nitrogens with zero attached hydrogens (tertiary/aromatic N) is 4. The summed E-state index contributed by atoms with van der Waals surface area (Å²) in [6, 6.07) is 22.2. The Labute approximate surface area is 178 Å². The fraction of sp³-hybridized carbons (Fsp3) is 0.182. The van der Waals surface area contributed by atoms with Gasteiger partial charge in [0.1, 0.15) is 0 Å². The molecule has 0 saturated carbocycles. The molecule has 5 nitrogen and oxygen atoms in total. The minimum atomic E-state index is 0. The molecular formula is C22H20N4OPd. The maximum atomic E-state index is 6.00. The molecular weight excluding hydrogens is 443 g/mol. The molecule has 0 fully saturated rings. The van der Waals surface area contributed by atoms with E-state index in [9.17, 15) is 0 Å². The molecule has 2 aromatic heterocycles. The van der Waals surface area contributed by atoms with E-state index < -0.39 is 0 Å². The van der Waals surface area contributed by atoms with Crippen molar-refractivity contribution in [2.75, 3.05) is 0 Å². The van der Waals surface area contributed by atoms with Crippen LogP contribution in [0.2, 0.25) is 0 Å². The predicted molar refractivity (Wildman–Crippen MR) is 104 cm³/mol. The molecule has 28 heavy (non-hydrogen) atoms. The van der Waals surface area contributed by atoms with E-state index in [0.29, 0.717) is 11.5 Å². The third kappa shape index (κ3) is 4.09. The first-order chi connectivity index (χ1) is 13.0. The number of hydrogen-bond donors (Lipinski definition) is 0. The summed E-state index contributed by atoms with van der Waals surface area (Å²) < 4.78 is 9.72. The van der Waals surface area contributed by atoms with Gasteiger partial charge in [0, 0.05) is 22.9 Å². The first-order valence-electron chi connectivity index (χ1n) is 8.79. The van der Waals surface area contributed by atoms with Crippen molar-refractivity contribution in [3.05, 3.63) is 83.4 Å². The van der Waals surface area contributed by atoms with Crippen LogP contribution in [0.3, 0.4) is 0 Å². The molecule has 0 atom stereocenters. The van der Waals surface area contributed by atoms with E-state index in [-0.39, 0.29) is 20.4 Å². The normalized spacial score (nSPS) is 10.6. The van der Waals surface area contributed by atoms with E-state index in [1.165, 1.54) is 0 Å². The Morgan fingerprint density at radius 3 is 1.50 bits per heavy atom. The van der Waals surface area contributed by atoms with Crippen LogP contribution >= 0.6 is 0 Å². The van der Waals surface area contributed by atoms with Crippen molar-refractivity contribution in [3.63, 3.8) is 0 Å². The van der Waals surface area contributed by atoms with Gasteiger partial charge in [0.25, 0.3) is 0 Å². The number of benzene rings is 2. The van der Waals surface area contributed by atoms with Crippen LogP contribution in [0.1, 0.15) is 22.8 Å². The Kier molecular flexibility index (Phi) is 5.83. The molecule has 0 amide bonds. The molecule has 0 bridgehead atoms. The van der Waals surface area contributed by atoms with Gasteiger partial charge in [-0.1, -0.05) is 0 Å². The first-order valence-corrected chi connectivity index (χ1v) is 8.79. The second kappa shape index (κ2) is 8.14. The molecule has 4 aromatic rings. The molecule has 0 spiro atoms. The number of rotatable bonds is 4. The average Bonchev–Trinajstić information content (AvgIpc) is 3.15. The van der Waals surface area contributed by atoms with Crippen LogP contribution in [-0.2, 0) is 20.4 Å². The smallest absolute Gasteiger partial charge is 0.509 e. The second-order valence-electron chi connectivity index (χ2n) is 6.58. The first kappa shape index (κ1) is 20.1. The summed E-state index contributed by atoms with van der Waals surface area (Å²) in [5, 5.41) is 9.01. The Bertz CT molecular complexity index is 1030. The summed E-state index contributed by atoms with van der Waals surface area (Å²) in [5.74, 6) is 1.23. The van der Waals surface area contributed by atoms with Gasteiger partial charge < -0.3 is 4.74 Å². The molecule has 0 unspecified atom stereocenters. The molecule has 6 heteroatoms. The standard InChI is InChI=1S/C22H20N4O.Pd/c1-15-11-17(3)25(23-15)19-7-5-9-21(13-19)27-22-10-6-8-20(14-22)26-18(4)12-16(2)24-26;/h5-12H,1-4H3;/q-2;+2. The van der Waals surface area contributed by atoms with Crippen LogP contribution in [0.5, 0.6) is 11.5 Å². The zero-order chi connectivity index (χ0) is 19.0. The molecule has 0 saturated heterocycles. The minimum absolute atomic E-state index is 0. The molecule has 4 rings (SSSR count). The zero-order valence-corrected chi connectivity index (χ0v) is 17.7. The monoisotopic (exact) mass is 462 g/mol. The van der Waals surface area contributed by atoms with Crippen molar-refractivity contribution in [1.29, 1.82) is 0 Å². The fourth-order valence-corrected chi connectivity index (χ4v) is 3.10. The Hall–Kier alpha value is -2.68. The Morgan fingerprint density at radius 2 is 1.14 bits per heavy atom. The molecule has 0 aliphatic rings. The maximum absolute atomic E-state index is 6.00. The molecule has 144 valence electrons. The number of aryl methyl sites for hydroxylation is 4. The van der Waals surface area contributed by atoms with Crippen LogP contribution in [-0.4, -0.2) is 19.6 Å². The summed E-state index contributed by atoms with van der Waals surface area (Å²) in [5.41, 5.74) is 5.73. The third-order valence-corrected chi connectivity index (χ3v) is 4.20. The molecule has 2 aromatic carbocycles. The van der Waals surface area contributed by atoms with Gasteiger partial charge in [-0.3, -0.25) is 9.36 Å². The van der Waals surface area contributed by atoms with Gasteiger partial charge in [0.2, 0.25) is 0 Å². The predicted octanol–water partition coefficient (Wildman–Crippen LogP) is 4.68. The van der Waals surface area contributed by atoms with Crippen LogP contribution in [0.15, 0.2) is 48.5 Å². The molecule has 0 aliphatic heterocycles. The Balaban J connectivity index is 0.00000225. The summed E-state index contributed by atoms with van der Waals surface area (Å²) in [7, 11) is 0. The second-order valence-corrected chi connectivity index (χ2v) is 6.58. The minimum Gasteiger partial charge on any atom is -0.509 e. The van der Waals surface area contributed by atoms with E-state index >= 15 is 0 Å². The van der Waals surface area contributed by atoms with Gasteiger partial charge in [-0.15, -0.1) is 36.4 Å². The Morgan fingerprint density at radius 1 is 0.714 bits per heavy atom. The summed E-state index contributed by atoms with van der Waals surface area (Å²) in [6.45, 7) is 7.99. The number of aromatic nitrogens is 4. The van der Waals surface area contributed by atoms with Crippen molar-refractivity contribution in [1.82, 2.24) is 19.6 Å². The summed E-state index contributed by atoms with van der Waals surface area (Å²) in [4.78, 5) is 0. The van der Waals surface area contributed by atoms with Crippen molar-refractivity contribution in [3.8, 4) is 22.9 Å². The van der Waals surface area contributed by atoms with Crippen LogP contribution in [0, 0.1) is 39.8 Å². The van der Waals surface area contributed by atoms with Crippen molar-refractivity contribution in [2.45, 2.75) is 27.7 Å². The molecule has 0 radical (unpaired) electrons. The van der Waals surface area contributed by atoms with Crippen molar-refractivity contribution < 1.29 is 25.2 Å². The zero-order valence-electron chi connectivity index (χ0n) is 16.1. The van der Waals surface area contributed by atoms with Gasteiger partial charge in [0.15, 0.2) is 0 Å². The van der Waals surface area contributed by atoms with Gasteiger partial charge in [0.05, 0.1) is 11.4 Å².